The number of amides is 1. The molecule has 14 heavy (non-hydrogen) atoms. The van der Waals surface area contributed by atoms with Crippen molar-refractivity contribution in [3.63, 3.8) is 0 Å². The summed E-state index contributed by atoms with van der Waals surface area (Å²) in [5.74, 6) is -0.979. The van der Waals surface area contributed by atoms with Crippen molar-refractivity contribution in [1.82, 2.24) is 5.32 Å². The van der Waals surface area contributed by atoms with Crippen molar-refractivity contribution < 1.29 is 20.1 Å². The minimum Gasteiger partial charge on any atom is -0.508 e. The van der Waals surface area contributed by atoms with Gasteiger partial charge < -0.3 is 20.6 Å². The first-order chi connectivity index (χ1) is 6.49. The lowest BCUT2D eigenvalue weighted by Gasteiger charge is -2.07. The number of phenolic OH excluding ortho intramolecular Hbond substituents is 2. The molecule has 1 unspecified atom stereocenters. The van der Waals surface area contributed by atoms with E-state index in [9.17, 15) is 4.79 Å². The summed E-state index contributed by atoms with van der Waals surface area (Å²) >= 11 is 0. The maximum Gasteiger partial charge on any atom is 0.253 e. The van der Waals surface area contributed by atoms with Gasteiger partial charge in [-0.2, -0.15) is 0 Å². The van der Waals surface area contributed by atoms with Crippen LogP contribution >= 0.6 is 0 Å². The van der Waals surface area contributed by atoms with E-state index in [-0.39, 0.29) is 17.1 Å². The van der Waals surface area contributed by atoms with Crippen LogP contribution in [0.15, 0.2) is 18.2 Å². The summed E-state index contributed by atoms with van der Waals surface area (Å²) in [6.45, 7) is 1.39. The first-order valence-corrected chi connectivity index (χ1v) is 4.01. The minimum atomic E-state index is -0.980. The highest BCUT2D eigenvalue weighted by atomic mass is 16.3. The topological polar surface area (TPSA) is 89.8 Å². The summed E-state index contributed by atoms with van der Waals surface area (Å²) in [4.78, 5) is 11.3. The van der Waals surface area contributed by atoms with Crippen molar-refractivity contribution in [3.05, 3.63) is 23.8 Å². The molecule has 0 aromatic heterocycles. The summed E-state index contributed by atoms with van der Waals surface area (Å²) in [5, 5.41) is 29.2. The summed E-state index contributed by atoms with van der Waals surface area (Å²) in [6, 6.07) is 3.49. The van der Waals surface area contributed by atoms with E-state index in [1.807, 2.05) is 0 Å². The Hall–Kier alpha value is -1.75. The fraction of sp³-hybridized carbons (Fsp3) is 0.222. The summed E-state index contributed by atoms with van der Waals surface area (Å²) in [7, 11) is 0. The standard InChI is InChI=1S/C9H11NO4/c1-5(11)10-9(14)6-2-7(12)4-8(13)3-6/h2-5,11-13H,1H3,(H,10,14). The lowest BCUT2D eigenvalue weighted by Crippen LogP contribution is -2.31. The summed E-state index contributed by atoms with van der Waals surface area (Å²) in [6.07, 6.45) is -0.980. The number of hydrogen-bond donors (Lipinski definition) is 4. The molecule has 0 aliphatic carbocycles. The van der Waals surface area contributed by atoms with Gasteiger partial charge in [0.15, 0.2) is 0 Å². The molecule has 0 saturated heterocycles. The Kier molecular flexibility index (Phi) is 2.93. The van der Waals surface area contributed by atoms with E-state index >= 15 is 0 Å². The third-order valence-corrected chi connectivity index (χ3v) is 1.50. The van der Waals surface area contributed by atoms with Crippen molar-refractivity contribution in [2.24, 2.45) is 0 Å². The molecule has 5 nitrogen and oxygen atoms in total. The first kappa shape index (κ1) is 10.3. The Balaban J connectivity index is 2.90. The van der Waals surface area contributed by atoms with E-state index < -0.39 is 12.1 Å². The molecule has 1 aromatic carbocycles. The number of rotatable bonds is 2. The molecule has 0 spiro atoms. The molecule has 0 bridgehead atoms. The van der Waals surface area contributed by atoms with Gasteiger partial charge in [-0.1, -0.05) is 0 Å². The van der Waals surface area contributed by atoms with Gasteiger partial charge in [-0.25, -0.2) is 0 Å². The normalized spacial score (nSPS) is 12.1. The number of aliphatic hydroxyl groups excluding tert-OH is 1. The van der Waals surface area contributed by atoms with Gasteiger partial charge in [0.2, 0.25) is 0 Å². The molecule has 0 saturated carbocycles. The fourth-order valence-electron chi connectivity index (χ4n) is 0.999. The monoisotopic (exact) mass is 197 g/mol. The Bertz CT molecular complexity index is 328. The Morgan fingerprint density at radius 2 is 1.79 bits per heavy atom. The zero-order valence-corrected chi connectivity index (χ0v) is 7.56. The smallest absolute Gasteiger partial charge is 0.253 e. The third kappa shape index (κ3) is 2.63. The molecule has 1 rings (SSSR count). The van der Waals surface area contributed by atoms with Crippen LogP contribution in [-0.2, 0) is 0 Å². The third-order valence-electron chi connectivity index (χ3n) is 1.50. The molecule has 4 N–H and O–H groups in total. The summed E-state index contributed by atoms with van der Waals surface area (Å²) in [5.41, 5.74) is 0.0865. The molecule has 0 heterocycles. The second-order valence-electron chi connectivity index (χ2n) is 2.89. The van der Waals surface area contributed by atoms with Crippen LogP contribution in [0.5, 0.6) is 11.5 Å². The van der Waals surface area contributed by atoms with Crippen molar-refractivity contribution >= 4 is 5.91 Å². The van der Waals surface area contributed by atoms with E-state index in [4.69, 9.17) is 15.3 Å². The average molecular weight is 197 g/mol. The van der Waals surface area contributed by atoms with Crippen LogP contribution in [-0.4, -0.2) is 27.5 Å². The number of hydrogen-bond acceptors (Lipinski definition) is 4. The van der Waals surface area contributed by atoms with Crippen LogP contribution in [0.3, 0.4) is 0 Å². The van der Waals surface area contributed by atoms with Gasteiger partial charge in [-0.05, 0) is 19.1 Å². The van der Waals surface area contributed by atoms with Gasteiger partial charge in [0.05, 0.1) is 0 Å². The molecule has 5 heteroatoms. The van der Waals surface area contributed by atoms with Crippen molar-refractivity contribution in [1.29, 1.82) is 0 Å². The van der Waals surface area contributed by atoms with Crippen molar-refractivity contribution in [3.8, 4) is 11.5 Å². The number of carbonyl (C=O) groups is 1. The maximum atomic E-state index is 11.3. The van der Waals surface area contributed by atoms with Crippen LogP contribution in [0.2, 0.25) is 0 Å². The van der Waals surface area contributed by atoms with Crippen LogP contribution in [0.25, 0.3) is 0 Å². The second-order valence-corrected chi connectivity index (χ2v) is 2.89. The molecule has 0 fully saturated rings. The molecule has 76 valence electrons. The quantitative estimate of drug-likeness (QED) is 0.508. The number of carbonyl (C=O) groups excluding carboxylic acids is 1. The first-order valence-electron chi connectivity index (χ1n) is 4.01. The lowest BCUT2D eigenvalue weighted by molar-refractivity contribution is 0.0818. The lowest BCUT2D eigenvalue weighted by atomic mass is 10.2. The Labute approximate surface area is 80.6 Å². The zero-order chi connectivity index (χ0) is 10.7. The van der Waals surface area contributed by atoms with E-state index in [1.54, 1.807) is 0 Å². The van der Waals surface area contributed by atoms with Crippen LogP contribution in [0.1, 0.15) is 17.3 Å². The van der Waals surface area contributed by atoms with Crippen LogP contribution in [0, 0.1) is 0 Å². The molecule has 0 radical (unpaired) electrons. The SMILES string of the molecule is CC(O)NC(=O)c1cc(O)cc(O)c1. The molecular formula is C9H11NO4. The predicted octanol–water partition coefficient (Wildman–Crippen LogP) is 0.166. The Morgan fingerprint density at radius 1 is 1.29 bits per heavy atom. The number of phenols is 2. The second kappa shape index (κ2) is 3.97. The van der Waals surface area contributed by atoms with E-state index in [0.717, 1.165) is 6.07 Å². The molecule has 0 aliphatic rings. The van der Waals surface area contributed by atoms with E-state index in [1.165, 1.54) is 19.1 Å². The van der Waals surface area contributed by atoms with Gasteiger partial charge in [-0.3, -0.25) is 4.79 Å². The largest absolute Gasteiger partial charge is 0.508 e. The highest BCUT2D eigenvalue weighted by Gasteiger charge is 2.09. The van der Waals surface area contributed by atoms with Crippen LogP contribution < -0.4 is 5.32 Å². The number of aromatic hydroxyl groups is 2. The van der Waals surface area contributed by atoms with Gasteiger partial charge in [-0.15, -0.1) is 0 Å². The van der Waals surface area contributed by atoms with Crippen molar-refractivity contribution in [2.45, 2.75) is 13.2 Å². The summed E-state index contributed by atoms with van der Waals surface area (Å²) < 4.78 is 0. The predicted molar refractivity (Wildman–Crippen MR) is 48.9 cm³/mol. The molecule has 1 atom stereocenters. The van der Waals surface area contributed by atoms with Crippen LogP contribution in [0.4, 0.5) is 0 Å². The highest BCUT2D eigenvalue weighted by molar-refractivity contribution is 5.95. The number of benzene rings is 1. The number of nitrogens with one attached hydrogen (secondary N) is 1. The number of aliphatic hydroxyl groups is 1. The molecule has 0 aliphatic heterocycles. The average Bonchev–Trinajstić information content (AvgIpc) is 2.00. The van der Waals surface area contributed by atoms with Gasteiger partial charge in [0.1, 0.15) is 17.7 Å². The van der Waals surface area contributed by atoms with Gasteiger partial charge in [0.25, 0.3) is 5.91 Å². The van der Waals surface area contributed by atoms with Gasteiger partial charge in [0, 0.05) is 11.6 Å². The maximum absolute atomic E-state index is 11.3. The van der Waals surface area contributed by atoms with E-state index in [2.05, 4.69) is 5.32 Å². The Morgan fingerprint density at radius 3 is 2.21 bits per heavy atom. The van der Waals surface area contributed by atoms with Gasteiger partial charge >= 0.3 is 0 Å². The molecular weight excluding hydrogens is 186 g/mol. The highest BCUT2D eigenvalue weighted by Crippen LogP contribution is 2.20. The minimum absolute atomic E-state index is 0.0865. The van der Waals surface area contributed by atoms with E-state index in [0.29, 0.717) is 0 Å². The van der Waals surface area contributed by atoms with Crippen molar-refractivity contribution in [2.75, 3.05) is 0 Å². The zero-order valence-electron chi connectivity index (χ0n) is 7.56. The molecule has 1 amide bonds. The molecule has 1 aromatic rings. The fourth-order valence-corrected chi connectivity index (χ4v) is 0.999.